The number of carboxylic acid groups (broad SMARTS) is 1. The minimum Gasteiger partial charge on any atom is -0.480 e. The summed E-state index contributed by atoms with van der Waals surface area (Å²) in [6.45, 7) is 5.27. The molecule has 1 amide bonds. The summed E-state index contributed by atoms with van der Waals surface area (Å²) in [7, 11) is 0. The smallest absolute Gasteiger partial charge is 0.328 e. The molecule has 3 aromatic carbocycles. The number of rotatable bonds is 10. The second-order valence-corrected chi connectivity index (χ2v) is 8.87. The molecule has 1 heterocycles. The van der Waals surface area contributed by atoms with Gasteiger partial charge in [0.2, 0.25) is 5.91 Å². The number of carbonyl (C=O) groups excluding carboxylic acids is 1. The van der Waals surface area contributed by atoms with E-state index in [0.29, 0.717) is 17.0 Å². The van der Waals surface area contributed by atoms with E-state index in [-0.39, 0.29) is 18.4 Å². The van der Waals surface area contributed by atoms with Gasteiger partial charge in [-0.25, -0.2) is 4.79 Å². The molecule has 3 aromatic rings. The van der Waals surface area contributed by atoms with Gasteiger partial charge < -0.3 is 10.4 Å². The lowest BCUT2D eigenvalue weighted by Crippen LogP contribution is -2.39. The first-order chi connectivity index (χ1) is 17.6. The molecule has 2 N–H and O–H groups in total. The first-order valence-electron chi connectivity index (χ1n) is 12.2. The maximum absolute atomic E-state index is 13.5. The van der Waals surface area contributed by atoms with Gasteiger partial charge in [0.05, 0.1) is 17.4 Å². The molecule has 0 saturated carbocycles. The molecule has 2 atom stereocenters. The van der Waals surface area contributed by atoms with Crippen LogP contribution in [0.5, 0.6) is 0 Å². The topological polar surface area (TPSA) is 82.0 Å². The zero-order valence-corrected chi connectivity index (χ0v) is 20.2. The van der Waals surface area contributed by atoms with E-state index in [2.05, 4.69) is 33.9 Å². The Bertz CT molecular complexity index is 1220. The van der Waals surface area contributed by atoms with Crippen LogP contribution in [0.4, 0.5) is 5.69 Å². The van der Waals surface area contributed by atoms with Crippen molar-refractivity contribution in [2.75, 3.05) is 11.9 Å². The van der Waals surface area contributed by atoms with Crippen molar-refractivity contribution in [3.8, 4) is 0 Å². The van der Waals surface area contributed by atoms with Gasteiger partial charge in [-0.1, -0.05) is 84.9 Å². The fraction of sp³-hybridized carbons (Fsp3) is 0.233. The van der Waals surface area contributed by atoms with Crippen LogP contribution in [0.3, 0.4) is 0 Å². The predicted molar refractivity (Wildman–Crippen MR) is 143 cm³/mol. The quantitative estimate of drug-likeness (QED) is 0.310. The second-order valence-electron chi connectivity index (χ2n) is 8.87. The highest BCUT2D eigenvalue weighted by Gasteiger charge is 2.31. The lowest BCUT2D eigenvalue weighted by Gasteiger charge is -2.24. The van der Waals surface area contributed by atoms with Crippen molar-refractivity contribution < 1.29 is 14.7 Å². The molecule has 4 rings (SSSR count). The van der Waals surface area contributed by atoms with E-state index < -0.39 is 12.0 Å². The molecule has 1 aliphatic heterocycles. The summed E-state index contributed by atoms with van der Waals surface area (Å²) < 4.78 is 0. The minimum atomic E-state index is -1.02. The van der Waals surface area contributed by atoms with E-state index in [4.69, 9.17) is 0 Å². The van der Waals surface area contributed by atoms with Crippen LogP contribution >= 0.6 is 0 Å². The number of carbonyl (C=O) groups is 2. The summed E-state index contributed by atoms with van der Waals surface area (Å²) in [5.41, 5.74) is 3.77. The van der Waals surface area contributed by atoms with Crippen molar-refractivity contribution in [2.24, 2.45) is 4.99 Å². The number of benzene rings is 3. The van der Waals surface area contributed by atoms with Gasteiger partial charge >= 0.3 is 5.97 Å². The highest BCUT2D eigenvalue weighted by atomic mass is 16.4. The molecule has 1 fully saturated rings. The maximum Gasteiger partial charge on any atom is 0.328 e. The summed E-state index contributed by atoms with van der Waals surface area (Å²) in [6.07, 6.45) is 3.52. The van der Waals surface area contributed by atoms with Crippen molar-refractivity contribution in [3.63, 3.8) is 0 Å². The average molecular weight is 482 g/mol. The molecule has 0 aromatic heterocycles. The third-order valence-electron chi connectivity index (χ3n) is 6.34. The average Bonchev–Trinajstić information content (AvgIpc) is 3.36. The molecule has 0 spiro atoms. The Labute approximate surface area is 212 Å². The summed E-state index contributed by atoms with van der Waals surface area (Å²) >= 11 is 0. The predicted octanol–water partition coefficient (Wildman–Crippen LogP) is 5.16. The highest BCUT2D eigenvalue weighted by molar-refractivity contribution is 6.17. The first kappa shape index (κ1) is 25.1. The Morgan fingerprint density at radius 2 is 1.69 bits per heavy atom. The Morgan fingerprint density at radius 3 is 2.39 bits per heavy atom. The van der Waals surface area contributed by atoms with Gasteiger partial charge in [-0.05, 0) is 37.4 Å². The van der Waals surface area contributed by atoms with Gasteiger partial charge in [-0.15, -0.1) is 6.58 Å². The van der Waals surface area contributed by atoms with Crippen LogP contribution in [0, 0.1) is 0 Å². The number of para-hydroxylation sites is 1. The van der Waals surface area contributed by atoms with Gasteiger partial charge in [0.1, 0.15) is 0 Å². The Balaban J connectivity index is 1.64. The largest absolute Gasteiger partial charge is 0.480 e. The second kappa shape index (κ2) is 12.1. The number of aliphatic carboxylic acids is 1. The molecule has 1 aliphatic rings. The number of hydrogen-bond acceptors (Lipinski definition) is 4. The van der Waals surface area contributed by atoms with E-state index in [9.17, 15) is 14.7 Å². The van der Waals surface area contributed by atoms with E-state index in [1.54, 1.807) is 6.08 Å². The summed E-state index contributed by atoms with van der Waals surface area (Å²) in [4.78, 5) is 32.2. The third-order valence-corrected chi connectivity index (χ3v) is 6.34. The first-order valence-corrected chi connectivity index (χ1v) is 12.2. The molecule has 0 aliphatic carbocycles. The minimum absolute atomic E-state index is 0.0656. The molecule has 36 heavy (non-hydrogen) atoms. The van der Waals surface area contributed by atoms with Crippen LogP contribution in [0.15, 0.2) is 103 Å². The maximum atomic E-state index is 13.5. The fourth-order valence-corrected chi connectivity index (χ4v) is 4.56. The van der Waals surface area contributed by atoms with Crippen molar-refractivity contribution >= 4 is 23.3 Å². The van der Waals surface area contributed by atoms with Crippen molar-refractivity contribution in [1.29, 1.82) is 0 Å². The molecular weight excluding hydrogens is 450 g/mol. The molecule has 0 bridgehead atoms. The van der Waals surface area contributed by atoms with E-state index in [1.807, 2.05) is 72.8 Å². The lowest BCUT2D eigenvalue weighted by molar-refractivity contribution is -0.138. The van der Waals surface area contributed by atoms with Crippen molar-refractivity contribution in [1.82, 2.24) is 4.90 Å². The van der Waals surface area contributed by atoms with E-state index >= 15 is 0 Å². The number of likely N-dealkylation sites (tertiary alicyclic amines) is 1. The van der Waals surface area contributed by atoms with Crippen molar-refractivity contribution in [3.05, 3.63) is 114 Å². The number of aliphatic imine (C=N–C) groups is 1. The van der Waals surface area contributed by atoms with Crippen LogP contribution in [-0.4, -0.2) is 46.2 Å². The van der Waals surface area contributed by atoms with Crippen LogP contribution in [0.1, 0.15) is 36.0 Å². The van der Waals surface area contributed by atoms with Crippen molar-refractivity contribution in [2.45, 2.75) is 37.9 Å². The Morgan fingerprint density at radius 1 is 1.03 bits per heavy atom. The lowest BCUT2D eigenvalue weighted by atomic mass is 9.99. The van der Waals surface area contributed by atoms with E-state index in [1.165, 1.54) is 5.56 Å². The standard InChI is InChI=1S/C30H31N3O3/c1-2-12-26(30(35)36)31-28(23-15-7-4-8-16-23)24-17-9-10-18-25(24)32-29(34)27-19-11-20-33(27)21-22-13-5-3-6-14-22/h2-10,13-18,26-27H,1,11-12,19-21H2,(H,32,34)(H,35,36)/t26-,27-/m0/s1. The number of carboxylic acids is 1. The monoisotopic (exact) mass is 481 g/mol. The molecule has 1 saturated heterocycles. The fourth-order valence-electron chi connectivity index (χ4n) is 4.56. The molecule has 6 heteroatoms. The van der Waals surface area contributed by atoms with Gasteiger partial charge in [0.15, 0.2) is 6.04 Å². The van der Waals surface area contributed by atoms with Gasteiger partial charge in [-0.3, -0.25) is 14.7 Å². The highest BCUT2D eigenvalue weighted by Crippen LogP contribution is 2.25. The SMILES string of the molecule is C=CC[C@H](N=C(c1ccccc1)c1ccccc1NC(=O)[C@@H]1CCCN1Cc1ccccc1)C(=O)O. The summed E-state index contributed by atoms with van der Waals surface area (Å²) in [5, 5.41) is 12.8. The van der Waals surface area contributed by atoms with Crippen LogP contribution in [0.2, 0.25) is 0 Å². The van der Waals surface area contributed by atoms with Crippen LogP contribution < -0.4 is 5.32 Å². The molecule has 184 valence electrons. The van der Waals surface area contributed by atoms with Gasteiger partial charge in [0, 0.05) is 17.7 Å². The molecule has 0 unspecified atom stereocenters. The molecule has 6 nitrogen and oxygen atoms in total. The normalized spacial score (nSPS) is 16.9. The van der Waals surface area contributed by atoms with Crippen LogP contribution in [0.25, 0.3) is 0 Å². The van der Waals surface area contributed by atoms with Crippen LogP contribution in [-0.2, 0) is 16.1 Å². The number of anilines is 1. The third kappa shape index (κ3) is 6.15. The van der Waals surface area contributed by atoms with Gasteiger partial charge in [0.25, 0.3) is 0 Å². The summed E-state index contributed by atoms with van der Waals surface area (Å²) in [6, 6.07) is 25.8. The zero-order valence-electron chi connectivity index (χ0n) is 20.2. The zero-order chi connectivity index (χ0) is 25.3. The Hall–Kier alpha value is -4.03. The number of amides is 1. The number of nitrogens with zero attached hydrogens (tertiary/aromatic N) is 2. The number of nitrogens with one attached hydrogen (secondary N) is 1. The van der Waals surface area contributed by atoms with E-state index in [0.717, 1.165) is 31.5 Å². The molecule has 0 radical (unpaired) electrons. The summed E-state index contributed by atoms with van der Waals surface area (Å²) in [5.74, 6) is -1.09. The van der Waals surface area contributed by atoms with Gasteiger partial charge in [-0.2, -0.15) is 0 Å². The number of hydrogen-bond donors (Lipinski definition) is 2. The molecular formula is C30H31N3O3. The Kier molecular flexibility index (Phi) is 8.42.